The molecule has 0 radical (unpaired) electrons. The summed E-state index contributed by atoms with van der Waals surface area (Å²) in [5.74, 6) is 1.73. The fourth-order valence-electron chi connectivity index (χ4n) is 2.21. The number of hydrazone groups is 1. The van der Waals surface area contributed by atoms with Crippen LogP contribution >= 0.6 is 0 Å². The Morgan fingerprint density at radius 1 is 1.53 bits per heavy atom. The largest absolute Gasteiger partial charge is 0.350 e. The van der Waals surface area contributed by atoms with Crippen molar-refractivity contribution >= 4 is 11.7 Å². The maximum absolute atomic E-state index is 10.6. The lowest BCUT2D eigenvalue weighted by Gasteiger charge is -2.30. The molecule has 0 aromatic rings. The summed E-state index contributed by atoms with van der Waals surface area (Å²) in [5.41, 5.74) is 8.46. The second-order valence-corrected chi connectivity index (χ2v) is 4.82. The van der Waals surface area contributed by atoms with Gasteiger partial charge in [0.25, 0.3) is 0 Å². The molecule has 4 heteroatoms. The predicted molar refractivity (Wildman–Crippen MR) is 61.5 cm³/mol. The van der Waals surface area contributed by atoms with E-state index in [1.165, 1.54) is 6.42 Å². The van der Waals surface area contributed by atoms with E-state index < -0.39 is 6.03 Å². The van der Waals surface area contributed by atoms with E-state index >= 15 is 0 Å². The first kappa shape index (κ1) is 12.0. The molecule has 1 aliphatic carbocycles. The Balaban J connectivity index is 2.69. The second kappa shape index (κ2) is 5.14. The molecule has 0 bridgehead atoms. The average Bonchev–Trinajstić information content (AvgIpc) is 2.14. The average molecular weight is 211 g/mol. The Bertz CT molecular complexity index is 261. The van der Waals surface area contributed by atoms with Crippen LogP contribution in [0.5, 0.6) is 0 Å². The summed E-state index contributed by atoms with van der Waals surface area (Å²) in [6.07, 6.45) is 3.39. The molecule has 0 aromatic heterocycles. The van der Waals surface area contributed by atoms with E-state index in [-0.39, 0.29) is 0 Å². The second-order valence-electron chi connectivity index (χ2n) is 4.82. The summed E-state index contributed by atoms with van der Waals surface area (Å²) in [5, 5.41) is 4.13. The molecule has 1 saturated carbocycles. The molecule has 0 spiro atoms. The third kappa shape index (κ3) is 3.53. The molecular formula is C11H21N3O. The third-order valence-electron chi connectivity index (χ3n) is 3.07. The summed E-state index contributed by atoms with van der Waals surface area (Å²) in [7, 11) is 0. The van der Waals surface area contributed by atoms with Gasteiger partial charge in [0, 0.05) is 11.6 Å². The molecule has 0 saturated heterocycles. The molecule has 4 nitrogen and oxygen atoms in total. The lowest BCUT2D eigenvalue weighted by molar-refractivity contribution is 0.249. The molecule has 1 rings (SSSR count). The van der Waals surface area contributed by atoms with Gasteiger partial charge < -0.3 is 5.73 Å². The Morgan fingerprint density at radius 3 is 2.73 bits per heavy atom. The maximum atomic E-state index is 10.6. The van der Waals surface area contributed by atoms with Crippen LogP contribution in [-0.4, -0.2) is 11.7 Å². The number of nitrogens with one attached hydrogen (secondary N) is 1. The summed E-state index contributed by atoms with van der Waals surface area (Å²) < 4.78 is 0. The lowest BCUT2D eigenvalue weighted by atomic mass is 9.76. The van der Waals surface area contributed by atoms with Crippen molar-refractivity contribution in [2.45, 2.75) is 40.0 Å². The Labute approximate surface area is 91.3 Å². The van der Waals surface area contributed by atoms with Crippen molar-refractivity contribution < 1.29 is 4.79 Å². The van der Waals surface area contributed by atoms with Crippen LogP contribution in [0.3, 0.4) is 0 Å². The van der Waals surface area contributed by atoms with E-state index in [9.17, 15) is 4.79 Å². The molecule has 2 unspecified atom stereocenters. The van der Waals surface area contributed by atoms with Crippen LogP contribution < -0.4 is 11.2 Å². The van der Waals surface area contributed by atoms with Gasteiger partial charge >= 0.3 is 6.03 Å². The molecule has 0 aromatic carbocycles. The lowest BCUT2D eigenvalue weighted by Crippen LogP contribution is -2.32. The number of amides is 2. The van der Waals surface area contributed by atoms with E-state index in [2.05, 4.69) is 31.3 Å². The molecule has 2 atom stereocenters. The monoisotopic (exact) mass is 211 g/mol. The molecule has 3 N–H and O–H groups in total. The Hall–Kier alpha value is -1.06. The zero-order chi connectivity index (χ0) is 11.4. The highest BCUT2D eigenvalue weighted by Gasteiger charge is 2.27. The van der Waals surface area contributed by atoms with E-state index in [0.29, 0.717) is 17.8 Å². The fraction of sp³-hybridized carbons (Fsp3) is 0.818. The van der Waals surface area contributed by atoms with Crippen LogP contribution in [0, 0.1) is 17.8 Å². The highest BCUT2D eigenvalue weighted by atomic mass is 16.2. The first-order valence-electron chi connectivity index (χ1n) is 5.62. The van der Waals surface area contributed by atoms with E-state index in [4.69, 9.17) is 5.73 Å². The Morgan fingerprint density at radius 2 is 2.20 bits per heavy atom. The molecule has 86 valence electrons. The number of carbonyl (C=O) groups excluding carboxylic acids is 1. The zero-order valence-electron chi connectivity index (χ0n) is 9.79. The first-order valence-corrected chi connectivity index (χ1v) is 5.62. The van der Waals surface area contributed by atoms with Gasteiger partial charge in [-0.2, -0.15) is 5.10 Å². The molecule has 0 heterocycles. The van der Waals surface area contributed by atoms with Gasteiger partial charge in [0.1, 0.15) is 0 Å². The highest BCUT2D eigenvalue weighted by Crippen LogP contribution is 2.30. The van der Waals surface area contributed by atoms with E-state index in [1.807, 2.05) is 0 Å². The number of hydrogen-bond acceptors (Lipinski definition) is 2. The maximum Gasteiger partial charge on any atom is 0.332 e. The van der Waals surface area contributed by atoms with Gasteiger partial charge in [-0.3, -0.25) is 0 Å². The zero-order valence-corrected chi connectivity index (χ0v) is 9.79. The van der Waals surface area contributed by atoms with E-state index in [0.717, 1.165) is 18.6 Å². The number of hydrogen-bond donors (Lipinski definition) is 2. The molecule has 15 heavy (non-hydrogen) atoms. The summed E-state index contributed by atoms with van der Waals surface area (Å²) in [4.78, 5) is 10.6. The fourth-order valence-corrected chi connectivity index (χ4v) is 2.21. The number of carbonyl (C=O) groups is 1. The molecule has 1 aliphatic rings. The SMILES string of the molecule is CC1CCC(C(C)C)/C(=N\NC(N)=O)C1. The van der Waals surface area contributed by atoms with Crippen molar-refractivity contribution in [2.24, 2.45) is 28.6 Å². The van der Waals surface area contributed by atoms with Crippen molar-refractivity contribution in [2.75, 3.05) is 0 Å². The summed E-state index contributed by atoms with van der Waals surface area (Å²) >= 11 is 0. The van der Waals surface area contributed by atoms with Crippen molar-refractivity contribution in [3.63, 3.8) is 0 Å². The number of nitrogens with two attached hydrogens (primary N) is 1. The minimum Gasteiger partial charge on any atom is -0.350 e. The van der Waals surface area contributed by atoms with Gasteiger partial charge in [-0.1, -0.05) is 20.8 Å². The van der Waals surface area contributed by atoms with Crippen molar-refractivity contribution in [3.05, 3.63) is 0 Å². The predicted octanol–water partition coefficient (Wildman–Crippen LogP) is 2.10. The molecule has 1 fully saturated rings. The quantitative estimate of drug-likeness (QED) is 0.675. The van der Waals surface area contributed by atoms with Crippen LogP contribution in [0.4, 0.5) is 4.79 Å². The first-order chi connectivity index (χ1) is 7.00. The van der Waals surface area contributed by atoms with Crippen molar-refractivity contribution in [3.8, 4) is 0 Å². The third-order valence-corrected chi connectivity index (χ3v) is 3.07. The molecule has 0 aliphatic heterocycles. The smallest absolute Gasteiger partial charge is 0.332 e. The van der Waals surface area contributed by atoms with Gasteiger partial charge in [-0.25, -0.2) is 10.2 Å². The number of rotatable bonds is 2. The Kier molecular flexibility index (Phi) is 4.12. The summed E-state index contributed by atoms with van der Waals surface area (Å²) in [6.45, 7) is 6.61. The van der Waals surface area contributed by atoms with Crippen LogP contribution in [0.25, 0.3) is 0 Å². The van der Waals surface area contributed by atoms with Gasteiger partial charge in [0.2, 0.25) is 0 Å². The topological polar surface area (TPSA) is 67.5 Å². The van der Waals surface area contributed by atoms with Crippen LogP contribution in [0.2, 0.25) is 0 Å². The number of primary amides is 1. The van der Waals surface area contributed by atoms with Crippen molar-refractivity contribution in [1.82, 2.24) is 5.43 Å². The van der Waals surface area contributed by atoms with Gasteiger partial charge in [0.05, 0.1) is 0 Å². The van der Waals surface area contributed by atoms with Gasteiger partial charge in [-0.05, 0) is 31.1 Å². The van der Waals surface area contributed by atoms with Gasteiger partial charge in [-0.15, -0.1) is 0 Å². The molecule has 2 amide bonds. The van der Waals surface area contributed by atoms with Crippen LogP contribution in [-0.2, 0) is 0 Å². The van der Waals surface area contributed by atoms with Crippen molar-refractivity contribution in [1.29, 1.82) is 0 Å². The molecular weight excluding hydrogens is 190 g/mol. The number of urea groups is 1. The minimum absolute atomic E-state index is 0.494. The van der Waals surface area contributed by atoms with Crippen LogP contribution in [0.1, 0.15) is 40.0 Å². The van der Waals surface area contributed by atoms with E-state index in [1.54, 1.807) is 0 Å². The minimum atomic E-state index is -0.580. The van der Waals surface area contributed by atoms with Crippen LogP contribution in [0.15, 0.2) is 5.10 Å². The number of nitrogens with zero attached hydrogens (tertiary/aromatic N) is 1. The normalized spacial score (nSPS) is 29.5. The van der Waals surface area contributed by atoms with Gasteiger partial charge in [0.15, 0.2) is 0 Å². The summed E-state index contributed by atoms with van der Waals surface area (Å²) in [6, 6.07) is -0.580. The standard InChI is InChI=1S/C11H21N3O/c1-7(2)9-5-4-8(3)6-10(9)13-14-11(12)15/h7-9H,4-6H2,1-3H3,(H3,12,14,15)/b13-10-. The highest BCUT2D eigenvalue weighted by molar-refractivity contribution is 5.88.